The van der Waals surface area contributed by atoms with Crippen LogP contribution >= 0.6 is 0 Å². The summed E-state index contributed by atoms with van der Waals surface area (Å²) in [6.07, 6.45) is 0. The van der Waals surface area contributed by atoms with E-state index in [0.29, 0.717) is 6.61 Å². The number of carbonyl (C=O) groups is 1. The van der Waals surface area contributed by atoms with E-state index in [4.69, 9.17) is 4.74 Å². The average molecular weight is 377 g/mol. The fourth-order valence-corrected chi connectivity index (χ4v) is 3.23. The van der Waals surface area contributed by atoms with Crippen LogP contribution in [0.5, 0.6) is 5.75 Å². The van der Waals surface area contributed by atoms with Gasteiger partial charge < -0.3 is 19.9 Å². The highest BCUT2D eigenvalue weighted by Crippen LogP contribution is 2.14. The molecule has 2 aromatic carbocycles. The third-order valence-corrected chi connectivity index (χ3v) is 4.75. The molecule has 1 aliphatic rings. The van der Waals surface area contributed by atoms with Crippen LogP contribution in [0.15, 0.2) is 48.5 Å². The molecule has 1 aliphatic heterocycles. The second kappa shape index (κ2) is 9.43. The maximum Gasteiger partial charge on any atom is 0.279 e. The zero-order chi connectivity index (χ0) is 19.1. The molecule has 5 nitrogen and oxygen atoms in total. The minimum Gasteiger partial charge on any atom is -0.488 e. The molecule has 0 atom stereocenters. The molecule has 1 heterocycles. The highest BCUT2D eigenvalue weighted by atomic mass is 19.1. The Bertz CT molecular complexity index is 750. The van der Waals surface area contributed by atoms with E-state index >= 15 is 0 Å². The van der Waals surface area contributed by atoms with E-state index in [1.165, 1.54) is 15.9 Å². The number of para-hydroxylation sites is 1. The van der Waals surface area contributed by atoms with Crippen LogP contribution in [0, 0.1) is 11.6 Å². The molecule has 1 fully saturated rings. The topological polar surface area (TPSA) is 47.2 Å². The summed E-state index contributed by atoms with van der Waals surface area (Å²) < 4.78 is 32.2. The molecule has 7 heteroatoms. The van der Waals surface area contributed by atoms with Crippen LogP contribution in [-0.2, 0) is 4.79 Å². The predicted octanol–water partition coefficient (Wildman–Crippen LogP) is -0.234. The largest absolute Gasteiger partial charge is 0.488 e. The summed E-state index contributed by atoms with van der Waals surface area (Å²) in [4.78, 5) is 14.7. The first-order valence-corrected chi connectivity index (χ1v) is 9.20. The third-order valence-electron chi connectivity index (χ3n) is 4.75. The molecule has 0 aliphatic carbocycles. The number of anilines is 1. The van der Waals surface area contributed by atoms with Gasteiger partial charge in [0.1, 0.15) is 56.7 Å². The lowest BCUT2D eigenvalue weighted by Gasteiger charge is -2.29. The Morgan fingerprint density at radius 3 is 2.41 bits per heavy atom. The zero-order valence-corrected chi connectivity index (χ0v) is 15.1. The Morgan fingerprint density at radius 2 is 1.70 bits per heavy atom. The molecule has 144 valence electrons. The molecule has 0 aromatic heterocycles. The molecule has 1 amide bonds. The van der Waals surface area contributed by atoms with E-state index in [9.17, 15) is 13.6 Å². The molecule has 0 spiro atoms. The van der Waals surface area contributed by atoms with Gasteiger partial charge in [0.25, 0.3) is 5.91 Å². The maximum atomic E-state index is 13.6. The van der Waals surface area contributed by atoms with Crippen LogP contribution in [-0.4, -0.2) is 51.8 Å². The van der Waals surface area contributed by atoms with E-state index in [1.807, 2.05) is 30.3 Å². The van der Waals surface area contributed by atoms with Crippen LogP contribution in [0.1, 0.15) is 0 Å². The Hall–Kier alpha value is -2.51. The second-order valence-corrected chi connectivity index (χ2v) is 6.76. The molecule has 1 saturated heterocycles. The lowest BCUT2D eigenvalue weighted by atomic mass is 10.2. The van der Waals surface area contributed by atoms with Crippen molar-refractivity contribution in [1.29, 1.82) is 0 Å². The molecule has 27 heavy (non-hydrogen) atoms. The van der Waals surface area contributed by atoms with E-state index < -0.39 is 11.6 Å². The first kappa shape index (κ1) is 19.3. The Balaban J connectivity index is 1.35. The Kier molecular flexibility index (Phi) is 6.73. The van der Waals surface area contributed by atoms with Crippen LogP contribution in [0.4, 0.5) is 14.5 Å². The van der Waals surface area contributed by atoms with Gasteiger partial charge in [-0.15, -0.1) is 0 Å². The van der Waals surface area contributed by atoms with Crippen LogP contribution in [0.2, 0.25) is 0 Å². The number of halogens is 2. The van der Waals surface area contributed by atoms with Gasteiger partial charge in [0.05, 0.1) is 5.69 Å². The standard InChI is InChI=1S/C20H23F2N3O2/c21-16-6-7-19(18(22)14-16)23-20(26)15-25-10-8-24(9-11-25)12-13-27-17-4-2-1-3-5-17/h1-7,14H,8-13,15H2,(H,23,26)/p+2. The maximum absolute atomic E-state index is 13.6. The number of quaternary nitrogens is 2. The van der Waals surface area contributed by atoms with E-state index in [-0.39, 0.29) is 18.1 Å². The van der Waals surface area contributed by atoms with Gasteiger partial charge in [0.15, 0.2) is 6.54 Å². The van der Waals surface area contributed by atoms with Crippen LogP contribution in [0.3, 0.4) is 0 Å². The lowest BCUT2D eigenvalue weighted by Crippen LogP contribution is -3.28. The highest BCUT2D eigenvalue weighted by molar-refractivity contribution is 5.91. The van der Waals surface area contributed by atoms with Gasteiger partial charge in [-0.05, 0) is 24.3 Å². The SMILES string of the molecule is O=C(C[NH+]1CC[NH+](CCOc2ccccc2)CC1)Nc1ccc(F)cc1F. The van der Waals surface area contributed by atoms with Gasteiger partial charge in [-0.25, -0.2) is 8.78 Å². The number of carbonyl (C=O) groups excluding carboxylic acids is 1. The number of amides is 1. The van der Waals surface area contributed by atoms with Crippen molar-refractivity contribution in [2.45, 2.75) is 0 Å². The first-order chi connectivity index (χ1) is 13.1. The summed E-state index contributed by atoms with van der Waals surface area (Å²) in [7, 11) is 0. The lowest BCUT2D eigenvalue weighted by molar-refractivity contribution is -1.01. The summed E-state index contributed by atoms with van der Waals surface area (Å²) in [5, 5.41) is 2.52. The van der Waals surface area contributed by atoms with Gasteiger partial charge in [0.2, 0.25) is 0 Å². The molecule has 0 radical (unpaired) electrons. The van der Waals surface area contributed by atoms with Crippen molar-refractivity contribution in [1.82, 2.24) is 0 Å². The molecule has 3 rings (SSSR count). The fourth-order valence-electron chi connectivity index (χ4n) is 3.23. The normalized spacial score (nSPS) is 19.5. The molecule has 2 aromatic rings. The van der Waals surface area contributed by atoms with E-state index in [1.54, 1.807) is 0 Å². The second-order valence-electron chi connectivity index (χ2n) is 6.76. The summed E-state index contributed by atoms with van der Waals surface area (Å²) >= 11 is 0. The monoisotopic (exact) mass is 377 g/mol. The minimum atomic E-state index is -0.758. The van der Waals surface area contributed by atoms with Crippen LogP contribution in [0.25, 0.3) is 0 Å². The van der Waals surface area contributed by atoms with Gasteiger partial charge in [-0.1, -0.05) is 18.2 Å². The van der Waals surface area contributed by atoms with Gasteiger partial charge >= 0.3 is 0 Å². The van der Waals surface area contributed by atoms with Crippen molar-refractivity contribution >= 4 is 11.6 Å². The molecular weight excluding hydrogens is 352 g/mol. The number of hydrogen-bond acceptors (Lipinski definition) is 2. The number of benzene rings is 2. The highest BCUT2D eigenvalue weighted by Gasteiger charge is 2.25. The van der Waals surface area contributed by atoms with Gasteiger partial charge in [0, 0.05) is 6.07 Å². The smallest absolute Gasteiger partial charge is 0.279 e. The van der Waals surface area contributed by atoms with Crippen molar-refractivity contribution in [3.8, 4) is 5.75 Å². The summed E-state index contributed by atoms with van der Waals surface area (Å²) in [5.41, 5.74) is 0.0168. The molecule has 3 N–H and O–H groups in total. The van der Waals surface area contributed by atoms with Gasteiger partial charge in [-0.2, -0.15) is 0 Å². The zero-order valence-electron chi connectivity index (χ0n) is 15.1. The molecule has 0 saturated carbocycles. The first-order valence-electron chi connectivity index (χ1n) is 9.20. The van der Waals surface area contributed by atoms with E-state index in [0.717, 1.165) is 50.6 Å². The quantitative estimate of drug-likeness (QED) is 0.624. The summed E-state index contributed by atoms with van der Waals surface area (Å²) in [6.45, 7) is 5.55. The third kappa shape index (κ3) is 6.01. The van der Waals surface area contributed by atoms with E-state index in [2.05, 4.69) is 5.32 Å². The number of piperazine rings is 1. The number of hydrogen-bond donors (Lipinski definition) is 3. The Labute approximate surface area is 157 Å². The summed E-state index contributed by atoms with van der Waals surface area (Å²) in [5.74, 6) is -0.797. The Morgan fingerprint density at radius 1 is 1.00 bits per heavy atom. The number of nitrogens with one attached hydrogen (secondary N) is 3. The van der Waals surface area contributed by atoms with Crippen LogP contribution < -0.4 is 19.9 Å². The summed E-state index contributed by atoms with van der Waals surface area (Å²) in [6, 6.07) is 12.9. The fraction of sp³-hybridized carbons (Fsp3) is 0.350. The predicted molar refractivity (Wildman–Crippen MR) is 98.1 cm³/mol. The van der Waals surface area contributed by atoms with Crippen molar-refractivity contribution in [3.05, 3.63) is 60.2 Å². The van der Waals surface area contributed by atoms with Crippen molar-refractivity contribution < 1.29 is 28.1 Å². The number of rotatable bonds is 7. The molecular formula is C20H25F2N3O2+2. The van der Waals surface area contributed by atoms with Crippen molar-refractivity contribution in [2.24, 2.45) is 0 Å². The molecule has 0 unspecified atom stereocenters. The van der Waals surface area contributed by atoms with Crippen molar-refractivity contribution in [3.63, 3.8) is 0 Å². The molecule has 0 bridgehead atoms. The minimum absolute atomic E-state index is 0.0168. The van der Waals surface area contributed by atoms with Crippen molar-refractivity contribution in [2.75, 3.05) is 51.2 Å². The van der Waals surface area contributed by atoms with Gasteiger partial charge in [-0.3, -0.25) is 4.79 Å². The average Bonchev–Trinajstić information content (AvgIpc) is 2.66. The number of ether oxygens (including phenoxy) is 1.